The SMILES string of the molecule is CC1(C)CCC(c2cc(Br)c(O)c(Br)c2)CC1. The Balaban J connectivity index is 2.19. The Labute approximate surface area is 120 Å². The highest BCUT2D eigenvalue weighted by Crippen LogP contribution is 2.44. The summed E-state index contributed by atoms with van der Waals surface area (Å²) in [6, 6.07) is 4.12. The van der Waals surface area contributed by atoms with Crippen molar-refractivity contribution >= 4 is 31.9 Å². The molecule has 1 nitrogen and oxygen atoms in total. The van der Waals surface area contributed by atoms with E-state index in [-0.39, 0.29) is 0 Å². The number of aromatic hydroxyl groups is 1. The van der Waals surface area contributed by atoms with Crippen molar-refractivity contribution in [1.29, 1.82) is 0 Å². The molecule has 1 fully saturated rings. The van der Waals surface area contributed by atoms with Crippen molar-refractivity contribution in [3.8, 4) is 5.75 Å². The summed E-state index contributed by atoms with van der Waals surface area (Å²) in [5.74, 6) is 0.932. The summed E-state index contributed by atoms with van der Waals surface area (Å²) < 4.78 is 1.57. The quantitative estimate of drug-likeness (QED) is 0.690. The lowest BCUT2D eigenvalue weighted by molar-refractivity contribution is 0.224. The minimum atomic E-state index is 0.296. The molecular formula is C14H18Br2O. The predicted molar refractivity (Wildman–Crippen MR) is 78.5 cm³/mol. The molecule has 1 aromatic rings. The summed E-state index contributed by atoms with van der Waals surface area (Å²) in [6.07, 6.45) is 5.06. The van der Waals surface area contributed by atoms with E-state index in [4.69, 9.17) is 0 Å². The van der Waals surface area contributed by atoms with E-state index in [9.17, 15) is 5.11 Å². The van der Waals surface area contributed by atoms with Gasteiger partial charge in [-0.1, -0.05) is 13.8 Å². The van der Waals surface area contributed by atoms with E-state index in [2.05, 4.69) is 57.8 Å². The fraction of sp³-hybridized carbons (Fsp3) is 0.571. The predicted octanol–water partition coefficient (Wildman–Crippen LogP) is 5.60. The Kier molecular flexibility index (Phi) is 3.89. The molecule has 1 aliphatic carbocycles. The first-order valence-corrected chi connectivity index (χ1v) is 7.65. The first-order valence-electron chi connectivity index (χ1n) is 6.07. The van der Waals surface area contributed by atoms with Crippen molar-refractivity contribution in [1.82, 2.24) is 0 Å². The largest absolute Gasteiger partial charge is 0.506 e. The molecule has 0 bridgehead atoms. The van der Waals surface area contributed by atoms with Crippen LogP contribution in [0.4, 0.5) is 0 Å². The van der Waals surface area contributed by atoms with Crippen LogP contribution < -0.4 is 0 Å². The molecule has 0 spiro atoms. The van der Waals surface area contributed by atoms with Crippen molar-refractivity contribution < 1.29 is 5.11 Å². The molecule has 3 heteroatoms. The number of phenols is 1. The number of phenolic OH excluding ortho intramolecular Hbond substituents is 1. The second kappa shape index (κ2) is 4.93. The van der Waals surface area contributed by atoms with Crippen LogP contribution in [-0.4, -0.2) is 5.11 Å². The summed E-state index contributed by atoms with van der Waals surface area (Å²) in [5.41, 5.74) is 1.83. The summed E-state index contributed by atoms with van der Waals surface area (Å²) in [7, 11) is 0. The first kappa shape index (κ1) is 13.4. The van der Waals surface area contributed by atoms with Gasteiger partial charge >= 0.3 is 0 Å². The summed E-state index contributed by atoms with van der Waals surface area (Å²) >= 11 is 6.81. The number of benzene rings is 1. The van der Waals surface area contributed by atoms with Gasteiger partial charge in [0.1, 0.15) is 5.75 Å². The van der Waals surface area contributed by atoms with Gasteiger partial charge in [-0.15, -0.1) is 0 Å². The number of hydrogen-bond donors (Lipinski definition) is 1. The van der Waals surface area contributed by atoms with Crippen molar-refractivity contribution in [3.63, 3.8) is 0 Å². The van der Waals surface area contributed by atoms with Gasteiger partial charge < -0.3 is 5.11 Å². The minimum absolute atomic E-state index is 0.296. The lowest BCUT2D eigenvalue weighted by Gasteiger charge is -2.34. The highest BCUT2D eigenvalue weighted by atomic mass is 79.9. The molecule has 1 N–H and O–H groups in total. The Morgan fingerprint density at radius 2 is 1.59 bits per heavy atom. The molecule has 1 aliphatic rings. The molecule has 0 heterocycles. The maximum Gasteiger partial charge on any atom is 0.143 e. The van der Waals surface area contributed by atoms with Crippen molar-refractivity contribution in [3.05, 3.63) is 26.6 Å². The van der Waals surface area contributed by atoms with Gasteiger partial charge in [0.2, 0.25) is 0 Å². The molecule has 2 rings (SSSR count). The van der Waals surface area contributed by atoms with Crippen LogP contribution in [0.15, 0.2) is 21.1 Å². The Morgan fingerprint density at radius 1 is 1.12 bits per heavy atom. The van der Waals surface area contributed by atoms with Crippen LogP contribution in [-0.2, 0) is 0 Å². The molecule has 0 unspecified atom stereocenters. The monoisotopic (exact) mass is 360 g/mol. The van der Waals surface area contributed by atoms with E-state index in [0.29, 0.717) is 17.1 Å². The standard InChI is InChI=1S/C14H18Br2O/c1-14(2)5-3-9(4-6-14)10-7-11(15)13(17)12(16)8-10/h7-9,17H,3-6H2,1-2H3. The van der Waals surface area contributed by atoms with Crippen LogP contribution in [0, 0.1) is 5.41 Å². The Hall–Kier alpha value is -0.0200. The average Bonchev–Trinajstić information content (AvgIpc) is 2.25. The van der Waals surface area contributed by atoms with Crippen molar-refractivity contribution in [2.45, 2.75) is 45.4 Å². The summed E-state index contributed by atoms with van der Waals surface area (Å²) in [6.45, 7) is 4.71. The Morgan fingerprint density at radius 3 is 2.06 bits per heavy atom. The van der Waals surface area contributed by atoms with Gasteiger partial charge in [-0.2, -0.15) is 0 Å². The van der Waals surface area contributed by atoms with Gasteiger partial charge in [-0.05, 0) is 86.6 Å². The fourth-order valence-electron chi connectivity index (χ4n) is 2.55. The number of rotatable bonds is 1. The Bertz CT molecular complexity index is 393. The maximum absolute atomic E-state index is 9.72. The normalized spacial score (nSPS) is 20.5. The highest BCUT2D eigenvalue weighted by molar-refractivity contribution is 9.11. The fourth-order valence-corrected chi connectivity index (χ4v) is 3.78. The first-order chi connectivity index (χ1) is 7.89. The van der Waals surface area contributed by atoms with E-state index >= 15 is 0 Å². The van der Waals surface area contributed by atoms with Crippen LogP contribution in [0.1, 0.15) is 51.0 Å². The van der Waals surface area contributed by atoms with E-state index < -0.39 is 0 Å². The zero-order valence-corrected chi connectivity index (χ0v) is 13.4. The minimum Gasteiger partial charge on any atom is -0.506 e. The molecule has 0 saturated heterocycles. The molecule has 1 saturated carbocycles. The molecule has 94 valence electrons. The van der Waals surface area contributed by atoms with Gasteiger partial charge in [0.15, 0.2) is 0 Å². The molecule has 0 atom stereocenters. The average molecular weight is 362 g/mol. The van der Waals surface area contributed by atoms with Gasteiger partial charge in [0.05, 0.1) is 8.95 Å². The third-order valence-corrected chi connectivity index (χ3v) is 5.06. The molecule has 17 heavy (non-hydrogen) atoms. The third kappa shape index (κ3) is 3.05. The molecule has 0 amide bonds. The van der Waals surface area contributed by atoms with Crippen LogP contribution in [0.2, 0.25) is 0 Å². The van der Waals surface area contributed by atoms with Crippen LogP contribution in [0.5, 0.6) is 5.75 Å². The second-order valence-corrected chi connectivity index (χ2v) is 7.48. The van der Waals surface area contributed by atoms with E-state index in [0.717, 1.165) is 8.95 Å². The number of halogens is 2. The van der Waals surface area contributed by atoms with Crippen LogP contribution in [0.3, 0.4) is 0 Å². The van der Waals surface area contributed by atoms with E-state index in [1.165, 1.54) is 31.2 Å². The van der Waals surface area contributed by atoms with Crippen molar-refractivity contribution in [2.24, 2.45) is 5.41 Å². The summed E-state index contributed by atoms with van der Waals surface area (Å²) in [5, 5.41) is 9.72. The van der Waals surface area contributed by atoms with E-state index in [1.807, 2.05) is 0 Å². The maximum atomic E-state index is 9.72. The topological polar surface area (TPSA) is 20.2 Å². The van der Waals surface area contributed by atoms with Gasteiger partial charge in [0.25, 0.3) is 0 Å². The number of hydrogen-bond acceptors (Lipinski definition) is 1. The van der Waals surface area contributed by atoms with Crippen LogP contribution >= 0.6 is 31.9 Å². The molecule has 0 aliphatic heterocycles. The van der Waals surface area contributed by atoms with Gasteiger partial charge in [-0.25, -0.2) is 0 Å². The summed E-state index contributed by atoms with van der Waals surface area (Å²) in [4.78, 5) is 0. The van der Waals surface area contributed by atoms with Gasteiger partial charge in [-0.3, -0.25) is 0 Å². The van der Waals surface area contributed by atoms with E-state index in [1.54, 1.807) is 0 Å². The lowest BCUT2D eigenvalue weighted by atomic mass is 9.71. The van der Waals surface area contributed by atoms with Crippen molar-refractivity contribution in [2.75, 3.05) is 0 Å². The molecular weight excluding hydrogens is 344 g/mol. The van der Waals surface area contributed by atoms with Crippen LogP contribution in [0.25, 0.3) is 0 Å². The zero-order valence-electron chi connectivity index (χ0n) is 10.3. The lowest BCUT2D eigenvalue weighted by Crippen LogP contribution is -2.20. The molecule has 0 radical (unpaired) electrons. The molecule has 0 aromatic heterocycles. The third-order valence-electron chi connectivity index (χ3n) is 3.85. The second-order valence-electron chi connectivity index (χ2n) is 5.77. The zero-order chi connectivity index (χ0) is 12.6. The molecule has 1 aromatic carbocycles. The van der Waals surface area contributed by atoms with Gasteiger partial charge in [0, 0.05) is 0 Å². The smallest absolute Gasteiger partial charge is 0.143 e. The highest BCUT2D eigenvalue weighted by Gasteiger charge is 2.28.